The number of carbonyl (C=O) groups excluding carboxylic acids is 2. The van der Waals surface area contributed by atoms with Crippen molar-refractivity contribution in [2.24, 2.45) is 0 Å². The molecule has 1 aromatic rings. The summed E-state index contributed by atoms with van der Waals surface area (Å²) >= 11 is 0. The summed E-state index contributed by atoms with van der Waals surface area (Å²) in [7, 11) is -2.02. The topological polar surface area (TPSA) is 99.1 Å². The van der Waals surface area contributed by atoms with Crippen molar-refractivity contribution in [3.63, 3.8) is 0 Å². The van der Waals surface area contributed by atoms with Gasteiger partial charge in [-0.15, -0.1) is 0 Å². The second-order valence-electron chi connectivity index (χ2n) is 6.84. The number of piperidine rings is 1. The van der Waals surface area contributed by atoms with Gasteiger partial charge in [-0.05, 0) is 50.3 Å². The van der Waals surface area contributed by atoms with Gasteiger partial charge in [0, 0.05) is 13.0 Å². The third-order valence-electron chi connectivity index (χ3n) is 4.76. The van der Waals surface area contributed by atoms with Gasteiger partial charge in [-0.3, -0.25) is 9.59 Å². The number of nitrogens with one attached hydrogen (secondary N) is 1. The summed E-state index contributed by atoms with van der Waals surface area (Å²) in [6, 6.07) is 5.26. The van der Waals surface area contributed by atoms with E-state index in [1.165, 1.54) is 11.0 Å². The highest BCUT2D eigenvalue weighted by atomic mass is 16.6. The Labute approximate surface area is 160 Å². The fourth-order valence-electron chi connectivity index (χ4n) is 3.39. The van der Waals surface area contributed by atoms with Crippen molar-refractivity contribution in [3.8, 4) is 0 Å². The second kappa shape index (κ2) is 9.69. The van der Waals surface area contributed by atoms with E-state index < -0.39 is 19.6 Å². The summed E-state index contributed by atoms with van der Waals surface area (Å²) in [4.78, 5) is 26.3. The van der Waals surface area contributed by atoms with Gasteiger partial charge >= 0.3 is 7.32 Å². The molecule has 1 aromatic carbocycles. The van der Waals surface area contributed by atoms with Crippen LogP contribution in [-0.4, -0.2) is 52.9 Å². The number of amides is 2. The van der Waals surface area contributed by atoms with Crippen molar-refractivity contribution < 1.29 is 24.3 Å². The van der Waals surface area contributed by atoms with Gasteiger partial charge in [0.2, 0.25) is 11.8 Å². The molecule has 2 rings (SSSR count). The number of aryl methyl sites for hydroxylation is 2. The number of benzene rings is 1. The maximum Gasteiger partial charge on any atom is 0.635 e. The van der Waals surface area contributed by atoms with Crippen LogP contribution in [-0.2, 0) is 20.7 Å². The molecule has 1 aliphatic rings. The van der Waals surface area contributed by atoms with Gasteiger partial charge in [-0.25, -0.2) is 0 Å². The molecule has 8 heteroatoms. The zero-order chi connectivity index (χ0) is 20.0. The molecule has 0 aromatic heterocycles. The Balaban J connectivity index is 2.12. The Morgan fingerprint density at radius 3 is 2.78 bits per heavy atom. The van der Waals surface area contributed by atoms with Gasteiger partial charge in [0.1, 0.15) is 12.3 Å². The fourth-order valence-corrected chi connectivity index (χ4v) is 3.39. The lowest BCUT2D eigenvalue weighted by atomic mass is 10.00. The van der Waals surface area contributed by atoms with E-state index in [4.69, 9.17) is 4.65 Å². The van der Waals surface area contributed by atoms with Crippen LogP contribution in [0.5, 0.6) is 0 Å². The molecule has 1 saturated heterocycles. The average Bonchev–Trinajstić information content (AvgIpc) is 2.62. The van der Waals surface area contributed by atoms with Gasteiger partial charge in [-0.2, -0.15) is 0 Å². The molecule has 7 nitrogen and oxygen atoms in total. The highest BCUT2D eigenvalue weighted by Gasteiger charge is 2.33. The molecule has 0 radical (unpaired) electrons. The largest absolute Gasteiger partial charge is 0.635 e. The SMILES string of the molecule is C=CC(=O)N1CCCC[C@H]1C(=O)N[C@@H](Cc1ccc(C)cc1C)OB(O)O. The standard InChI is InChI=1S/C19H27BN2O5/c1-4-18(23)22-10-6-5-7-16(22)19(24)21-17(27-20(25)26)12-15-9-8-13(2)11-14(15)3/h4,8-9,11,16-17,25-26H,1,5-7,10,12H2,2-3H3,(H,21,24)/t16-,17+/m0/s1. The highest BCUT2D eigenvalue weighted by Crippen LogP contribution is 2.19. The lowest BCUT2D eigenvalue weighted by molar-refractivity contribution is -0.140. The Kier molecular flexibility index (Phi) is 7.59. The molecule has 27 heavy (non-hydrogen) atoms. The van der Waals surface area contributed by atoms with Gasteiger partial charge in [-0.1, -0.05) is 30.3 Å². The number of likely N-dealkylation sites (tertiary alicyclic amines) is 1. The summed E-state index contributed by atoms with van der Waals surface area (Å²) in [6.07, 6.45) is 2.76. The molecule has 1 heterocycles. The van der Waals surface area contributed by atoms with Gasteiger partial charge in [0.25, 0.3) is 0 Å². The minimum absolute atomic E-state index is 0.275. The van der Waals surface area contributed by atoms with E-state index in [9.17, 15) is 19.6 Å². The molecule has 0 unspecified atom stereocenters. The molecule has 1 fully saturated rings. The van der Waals surface area contributed by atoms with Crippen LogP contribution in [0.4, 0.5) is 0 Å². The molecule has 1 aliphatic heterocycles. The van der Waals surface area contributed by atoms with Crippen LogP contribution in [0.25, 0.3) is 0 Å². The molecular weight excluding hydrogens is 347 g/mol. The Hall–Kier alpha value is -2.16. The first kappa shape index (κ1) is 21.1. The molecular formula is C19H27BN2O5. The number of hydrogen-bond donors (Lipinski definition) is 3. The van der Waals surface area contributed by atoms with E-state index in [0.717, 1.165) is 29.5 Å². The molecule has 2 amide bonds. The third-order valence-corrected chi connectivity index (χ3v) is 4.76. The maximum atomic E-state index is 12.8. The lowest BCUT2D eigenvalue weighted by Crippen LogP contribution is -2.54. The van der Waals surface area contributed by atoms with Gasteiger partial charge in [0.15, 0.2) is 0 Å². The van der Waals surface area contributed by atoms with Crippen LogP contribution in [0.3, 0.4) is 0 Å². The van der Waals surface area contributed by atoms with E-state index in [1.807, 2.05) is 32.0 Å². The van der Waals surface area contributed by atoms with Crippen molar-refractivity contribution in [3.05, 3.63) is 47.5 Å². The van der Waals surface area contributed by atoms with E-state index in [-0.39, 0.29) is 18.2 Å². The Morgan fingerprint density at radius 1 is 1.41 bits per heavy atom. The zero-order valence-corrected chi connectivity index (χ0v) is 15.9. The monoisotopic (exact) mass is 374 g/mol. The predicted octanol–water partition coefficient (Wildman–Crippen LogP) is 0.841. The molecule has 146 valence electrons. The third kappa shape index (κ3) is 5.92. The normalized spacial score (nSPS) is 17.9. The summed E-state index contributed by atoms with van der Waals surface area (Å²) in [6.45, 7) is 7.91. The molecule has 3 N–H and O–H groups in total. The summed E-state index contributed by atoms with van der Waals surface area (Å²) < 4.78 is 5.08. The quantitative estimate of drug-likeness (QED) is 0.373. The Morgan fingerprint density at radius 2 is 2.15 bits per heavy atom. The molecule has 0 saturated carbocycles. The van der Waals surface area contributed by atoms with E-state index in [2.05, 4.69) is 11.9 Å². The first-order valence-corrected chi connectivity index (χ1v) is 9.13. The average molecular weight is 374 g/mol. The van der Waals surface area contributed by atoms with Crippen molar-refractivity contribution in [1.29, 1.82) is 0 Å². The minimum Gasteiger partial charge on any atom is -0.402 e. The summed E-state index contributed by atoms with van der Waals surface area (Å²) in [5, 5.41) is 21.1. The predicted molar refractivity (Wildman–Crippen MR) is 102 cm³/mol. The van der Waals surface area contributed by atoms with E-state index in [0.29, 0.717) is 13.0 Å². The number of carbonyl (C=O) groups is 2. The molecule has 2 atom stereocenters. The van der Waals surface area contributed by atoms with Crippen molar-refractivity contribution in [1.82, 2.24) is 10.2 Å². The lowest BCUT2D eigenvalue weighted by Gasteiger charge is -2.35. The van der Waals surface area contributed by atoms with Gasteiger partial charge < -0.3 is 24.9 Å². The molecule has 0 aliphatic carbocycles. The van der Waals surface area contributed by atoms with Crippen molar-refractivity contribution in [2.45, 2.75) is 51.8 Å². The maximum absolute atomic E-state index is 12.8. The fraction of sp³-hybridized carbons (Fsp3) is 0.474. The van der Waals surface area contributed by atoms with E-state index >= 15 is 0 Å². The highest BCUT2D eigenvalue weighted by molar-refractivity contribution is 6.32. The number of nitrogens with zero attached hydrogens (tertiary/aromatic N) is 1. The summed E-state index contributed by atoms with van der Waals surface area (Å²) in [5.74, 6) is -0.663. The number of rotatable bonds is 7. The molecule has 0 bridgehead atoms. The zero-order valence-electron chi connectivity index (χ0n) is 15.9. The first-order chi connectivity index (χ1) is 12.8. The van der Waals surface area contributed by atoms with Crippen LogP contribution < -0.4 is 5.32 Å². The van der Waals surface area contributed by atoms with Crippen LogP contribution in [0.1, 0.15) is 36.0 Å². The summed E-state index contributed by atoms with van der Waals surface area (Å²) in [5.41, 5.74) is 3.06. The van der Waals surface area contributed by atoms with Crippen molar-refractivity contribution >= 4 is 19.1 Å². The Bertz CT molecular complexity index is 695. The van der Waals surface area contributed by atoms with Crippen LogP contribution in [0.15, 0.2) is 30.9 Å². The van der Waals surface area contributed by atoms with E-state index in [1.54, 1.807) is 0 Å². The first-order valence-electron chi connectivity index (χ1n) is 9.13. The number of hydrogen-bond acceptors (Lipinski definition) is 5. The van der Waals surface area contributed by atoms with Gasteiger partial charge in [0.05, 0.1) is 0 Å². The molecule has 0 spiro atoms. The smallest absolute Gasteiger partial charge is 0.402 e. The van der Waals surface area contributed by atoms with Crippen molar-refractivity contribution in [2.75, 3.05) is 6.54 Å². The minimum atomic E-state index is -2.02. The van der Waals surface area contributed by atoms with Crippen LogP contribution in [0.2, 0.25) is 0 Å². The second-order valence-corrected chi connectivity index (χ2v) is 6.84. The van der Waals surface area contributed by atoms with Crippen LogP contribution in [0, 0.1) is 13.8 Å². The van der Waals surface area contributed by atoms with Crippen LogP contribution >= 0.6 is 0 Å².